The second-order valence-corrected chi connectivity index (χ2v) is 25.1. The minimum atomic E-state index is -4.36. The maximum atomic E-state index is 13.3. The Labute approximate surface area is 492 Å². The van der Waals surface area contributed by atoms with Crippen LogP contribution in [-0.4, -0.2) is 66.8 Å². The van der Waals surface area contributed by atoms with E-state index < -0.39 is 39.1 Å². The molecule has 2 saturated heterocycles. The van der Waals surface area contributed by atoms with E-state index in [4.69, 9.17) is 30.2 Å². The number of halogens is 1. The van der Waals surface area contributed by atoms with Crippen LogP contribution < -0.4 is 31.9 Å². The van der Waals surface area contributed by atoms with E-state index in [9.17, 15) is 53.5 Å². The number of anilines is 1. The Balaban J connectivity index is 0.000000200. The van der Waals surface area contributed by atoms with Gasteiger partial charge in [0.15, 0.2) is 10.2 Å². The Morgan fingerprint density at radius 3 is 1.69 bits per heavy atom. The summed E-state index contributed by atoms with van der Waals surface area (Å²) in [7, 11) is -8.70. The quantitative estimate of drug-likeness (QED) is 0.0282. The number of benzene rings is 7. The van der Waals surface area contributed by atoms with Gasteiger partial charge in [-0.1, -0.05) is 121 Å². The highest BCUT2D eigenvalue weighted by atomic mass is 32.1. The van der Waals surface area contributed by atoms with Gasteiger partial charge in [0.1, 0.15) is 29.0 Å². The summed E-state index contributed by atoms with van der Waals surface area (Å²) in [6, 6.07) is 44.9. The first kappa shape index (κ1) is 60.7. The predicted octanol–water partition coefficient (Wildman–Crippen LogP) is 10.9. The van der Waals surface area contributed by atoms with Crippen molar-refractivity contribution in [2.75, 3.05) is 4.90 Å². The first-order chi connectivity index (χ1) is 39.6. The number of phenols is 2. The van der Waals surface area contributed by atoms with Gasteiger partial charge in [0.25, 0.3) is 0 Å². The van der Waals surface area contributed by atoms with Gasteiger partial charge in [-0.3, -0.25) is 9.13 Å². The summed E-state index contributed by atoms with van der Waals surface area (Å²) in [5.74, 6) is -0.249. The number of para-hydroxylation sites is 1. The number of allylic oxidation sites excluding steroid dienone is 3. The summed E-state index contributed by atoms with van der Waals surface area (Å²) in [5, 5.41) is 51.7. The molecule has 0 amide bonds. The summed E-state index contributed by atoms with van der Waals surface area (Å²) < 4.78 is 36.4. The Bertz CT molecular complexity index is 3610. The number of nitrogens with zero attached hydrogens (tertiary/aromatic N) is 2. The van der Waals surface area contributed by atoms with Crippen LogP contribution in [0.25, 0.3) is 22.3 Å². The molecule has 10 rings (SSSR count). The minimum absolute atomic E-state index is 0.0125. The number of rotatable bonds is 18. The zero-order valence-electron chi connectivity index (χ0n) is 45.3. The first-order valence-corrected chi connectivity index (χ1v) is 31.2. The third-order valence-electron chi connectivity index (χ3n) is 15.3. The Morgan fingerprint density at radius 1 is 0.651 bits per heavy atom. The molecule has 20 heteroatoms. The molecule has 6 unspecified atom stereocenters. The lowest BCUT2D eigenvalue weighted by Gasteiger charge is -2.35. The number of hydrogen-bond donors (Lipinski definition) is 11. The smallest absolute Gasteiger partial charge is 0.356 e. The molecule has 0 spiro atoms. The van der Waals surface area contributed by atoms with E-state index in [0.29, 0.717) is 87.7 Å². The Hall–Kier alpha value is -6.89. The van der Waals surface area contributed by atoms with Gasteiger partial charge in [-0.05, 0) is 183 Å². The van der Waals surface area contributed by atoms with Crippen LogP contribution in [0, 0.1) is 12.7 Å². The monoisotopic (exact) mass is 1200 g/mol. The number of aliphatic hydroxyl groups is 2. The van der Waals surface area contributed by atoms with Gasteiger partial charge in [0, 0.05) is 22.5 Å². The van der Waals surface area contributed by atoms with Crippen molar-refractivity contribution in [3.63, 3.8) is 0 Å². The molecule has 0 radical (unpaired) electrons. The number of nitrogens with two attached hydrogens (primary N) is 1. The number of thiocarbonyl (C=S) groups is 2. The molecular weight excluding hydrogens is 1130 g/mol. The lowest BCUT2D eigenvalue weighted by molar-refractivity contribution is 0.157. The third-order valence-corrected chi connectivity index (χ3v) is 17.9. The second-order valence-electron chi connectivity index (χ2n) is 21.1. The highest BCUT2D eigenvalue weighted by molar-refractivity contribution is 7.80. The lowest BCUT2D eigenvalue weighted by atomic mass is 9.87. The first-order valence-electron chi connectivity index (χ1n) is 27.2. The van der Waals surface area contributed by atoms with E-state index in [1.54, 1.807) is 54.6 Å². The van der Waals surface area contributed by atoms with Gasteiger partial charge in [-0.15, -0.1) is 0 Å². The standard InChI is InChI=1S/C32H34N3O5PS.C31H32FN2O5PS/c1-21-9-11-23(12-10-21)28(36)8-5-19-32(33)30(35(31(42)34-32)25-6-3-2-4-7-25)27-18-15-24(20-29(27)37)22-13-16-26(17-14-22)41(38,39)40;32-23-14-9-21(10-15-23)28(35)8-4-7-27-30(34(31(41)33-27)24-5-2-1-3-6-24)26-18-13-22(19-29(26)36)20-11-16-25(17-12-20)40(37,38)39/h2-4,6-7,9-18,20,28,30,36-37H,5,8,19,33H2,1H3,(H,34,42)(H2,38,39,40);2,5-6,9-19,27-28,30,35-36H,1,3-4,7-8H2,(H,33,41)(H2,37,38,39). The van der Waals surface area contributed by atoms with Crippen LogP contribution in [0.2, 0.25) is 0 Å². The molecule has 0 bridgehead atoms. The van der Waals surface area contributed by atoms with Crippen LogP contribution in [0.3, 0.4) is 0 Å². The van der Waals surface area contributed by atoms with Crippen molar-refractivity contribution in [3.05, 3.63) is 221 Å². The van der Waals surface area contributed by atoms with Crippen LogP contribution in [-0.2, 0) is 9.13 Å². The van der Waals surface area contributed by atoms with E-state index in [2.05, 4.69) is 22.8 Å². The molecule has 7 aromatic carbocycles. The van der Waals surface area contributed by atoms with Gasteiger partial charge in [-0.25, -0.2) is 4.39 Å². The summed E-state index contributed by atoms with van der Waals surface area (Å²) in [5.41, 5.74) is 14.5. The number of aromatic hydroxyl groups is 2. The SMILES string of the molecule is Cc1ccc(C(O)CCCC2(N)NC(=S)N(c3ccccc3)C2c2ccc(-c3ccc(P(=O)(O)O)cc3)cc2O)cc1.O=P(O)(O)c1ccc(-c2ccc(C3C(CCCC(O)c4ccc(F)cc4)NC(=S)N3C3=CCCC=C3)c(O)c2)cc1. The molecular formula is C63H66FN5O10P2S2. The average molecular weight is 1200 g/mol. The Kier molecular flexibility index (Phi) is 19.0. The number of phenolic OH excluding ortho intramolecular Hbond substituents is 2. The van der Waals surface area contributed by atoms with E-state index in [-0.39, 0.29) is 40.0 Å². The number of aliphatic hydroxyl groups excluding tert-OH is 2. The van der Waals surface area contributed by atoms with Gasteiger partial charge < -0.3 is 66.2 Å². The molecule has 15 nitrogen and oxygen atoms in total. The van der Waals surface area contributed by atoms with Gasteiger partial charge in [0.2, 0.25) is 0 Å². The van der Waals surface area contributed by atoms with E-state index >= 15 is 0 Å². The molecule has 432 valence electrons. The fourth-order valence-electron chi connectivity index (χ4n) is 11.0. The van der Waals surface area contributed by atoms with E-state index in [1.807, 2.05) is 95.6 Å². The molecule has 2 heterocycles. The molecule has 12 N–H and O–H groups in total. The van der Waals surface area contributed by atoms with Crippen molar-refractivity contribution in [1.82, 2.24) is 15.5 Å². The zero-order chi connectivity index (χ0) is 59.2. The molecule has 0 aromatic heterocycles. The molecule has 83 heavy (non-hydrogen) atoms. The maximum absolute atomic E-state index is 13.3. The summed E-state index contributed by atoms with van der Waals surface area (Å²) in [6.45, 7) is 2.01. The van der Waals surface area contributed by atoms with Crippen molar-refractivity contribution in [2.45, 2.75) is 94.3 Å². The van der Waals surface area contributed by atoms with Gasteiger partial charge in [0.05, 0.1) is 34.9 Å². The molecule has 2 aliphatic heterocycles. The fourth-order valence-corrected chi connectivity index (χ4v) is 12.8. The lowest BCUT2D eigenvalue weighted by Crippen LogP contribution is -2.53. The molecule has 7 aromatic rings. The number of nitrogens with one attached hydrogen (secondary N) is 2. The molecule has 3 aliphatic rings. The van der Waals surface area contributed by atoms with Crippen LogP contribution in [0.1, 0.15) is 103 Å². The summed E-state index contributed by atoms with van der Waals surface area (Å²) >= 11 is 11.5. The van der Waals surface area contributed by atoms with Crippen LogP contribution >= 0.6 is 39.6 Å². The number of aryl methyl sites for hydroxylation is 1. The van der Waals surface area contributed by atoms with Crippen LogP contribution in [0.5, 0.6) is 11.5 Å². The summed E-state index contributed by atoms with van der Waals surface area (Å²) in [4.78, 5) is 41.6. The second kappa shape index (κ2) is 25.9. The normalized spacial score (nSPS) is 19.6. The van der Waals surface area contributed by atoms with Crippen LogP contribution in [0.15, 0.2) is 188 Å². The Morgan fingerprint density at radius 2 is 1.17 bits per heavy atom. The molecule has 6 atom stereocenters. The van der Waals surface area contributed by atoms with Crippen molar-refractivity contribution in [2.24, 2.45) is 5.73 Å². The fraction of sp³-hybridized carbons (Fsp3) is 0.238. The molecule has 0 saturated carbocycles. The van der Waals surface area contributed by atoms with Crippen molar-refractivity contribution in [3.8, 4) is 33.8 Å². The molecule has 1 aliphatic carbocycles. The molecule has 2 fully saturated rings. The average Bonchev–Trinajstić information content (AvgIpc) is 2.08. The van der Waals surface area contributed by atoms with Crippen molar-refractivity contribution >= 4 is 66.1 Å². The largest absolute Gasteiger partial charge is 0.508 e. The van der Waals surface area contributed by atoms with Crippen molar-refractivity contribution < 1.29 is 53.5 Å². The highest BCUT2D eigenvalue weighted by Gasteiger charge is 2.49. The summed E-state index contributed by atoms with van der Waals surface area (Å²) in [6.07, 6.45) is 10.2. The zero-order valence-corrected chi connectivity index (χ0v) is 48.7. The highest BCUT2D eigenvalue weighted by Crippen LogP contribution is 2.46. The van der Waals surface area contributed by atoms with Crippen LogP contribution in [0.4, 0.5) is 10.1 Å². The third kappa shape index (κ3) is 14.4. The minimum Gasteiger partial charge on any atom is -0.508 e. The van der Waals surface area contributed by atoms with Crippen molar-refractivity contribution in [1.29, 1.82) is 0 Å². The predicted molar refractivity (Wildman–Crippen MR) is 331 cm³/mol. The van der Waals surface area contributed by atoms with Gasteiger partial charge >= 0.3 is 15.2 Å². The van der Waals surface area contributed by atoms with Gasteiger partial charge in [-0.2, -0.15) is 0 Å². The number of hydrogen-bond acceptors (Lipinski definition) is 9. The topological polar surface area (TPSA) is 253 Å². The van der Waals surface area contributed by atoms with E-state index in [0.717, 1.165) is 35.4 Å². The van der Waals surface area contributed by atoms with E-state index in [1.165, 1.54) is 36.4 Å². The maximum Gasteiger partial charge on any atom is 0.356 e.